The Morgan fingerprint density at radius 1 is 1.05 bits per heavy atom. The first kappa shape index (κ1) is 19.9. The lowest BCUT2D eigenvalue weighted by atomic mass is 9.99. The third kappa shape index (κ3) is 5.50. The molecule has 0 aliphatic carbocycles. The molecule has 126 valence electrons. The van der Waals surface area contributed by atoms with E-state index in [4.69, 9.17) is 4.43 Å². The Hall–Kier alpha value is -0.123. The summed E-state index contributed by atoms with van der Waals surface area (Å²) in [5, 5.41) is 1.38. The van der Waals surface area contributed by atoms with Gasteiger partial charge in [0.1, 0.15) is 0 Å². The summed E-state index contributed by atoms with van der Waals surface area (Å²) in [4.78, 5) is 0. The number of alkyl halides is 1. The Balaban J connectivity index is 2.50. The molecule has 0 bridgehead atoms. The molecule has 1 aromatic rings. The van der Waals surface area contributed by atoms with E-state index in [-0.39, 0.29) is 0 Å². The zero-order chi connectivity index (χ0) is 16.8. The van der Waals surface area contributed by atoms with E-state index >= 15 is 0 Å². The SMILES string of the molecule is CC(C)C(C)(C)[Si](C)(C)OCCc1ccc(CCCBr)cc1. The summed E-state index contributed by atoms with van der Waals surface area (Å²) in [7, 11) is -1.68. The molecule has 0 spiro atoms. The van der Waals surface area contributed by atoms with Crippen molar-refractivity contribution in [2.45, 2.75) is 65.1 Å². The number of hydrogen-bond acceptors (Lipinski definition) is 1. The highest BCUT2D eigenvalue weighted by Crippen LogP contribution is 2.44. The van der Waals surface area contributed by atoms with E-state index in [1.165, 1.54) is 17.5 Å². The van der Waals surface area contributed by atoms with Crippen molar-refractivity contribution in [3.8, 4) is 0 Å². The topological polar surface area (TPSA) is 9.23 Å². The van der Waals surface area contributed by atoms with Gasteiger partial charge in [-0.1, -0.05) is 67.9 Å². The highest BCUT2D eigenvalue weighted by atomic mass is 79.9. The lowest BCUT2D eigenvalue weighted by Crippen LogP contribution is -2.45. The van der Waals surface area contributed by atoms with Gasteiger partial charge in [-0.2, -0.15) is 0 Å². The van der Waals surface area contributed by atoms with Crippen LogP contribution in [0, 0.1) is 5.92 Å². The molecule has 22 heavy (non-hydrogen) atoms. The molecule has 0 unspecified atom stereocenters. The van der Waals surface area contributed by atoms with Crippen molar-refractivity contribution in [1.29, 1.82) is 0 Å². The third-order valence-corrected chi connectivity index (χ3v) is 10.6. The van der Waals surface area contributed by atoms with Crippen LogP contribution >= 0.6 is 15.9 Å². The van der Waals surface area contributed by atoms with E-state index in [1.54, 1.807) is 0 Å². The Labute approximate surface area is 147 Å². The molecule has 3 heteroatoms. The molecule has 0 amide bonds. The standard InChI is InChI=1S/C19H33BrOSi/c1-16(2)19(3,4)22(5,6)21-15-13-18-11-9-17(10-12-18)8-7-14-20/h9-12,16H,7-8,13-15H2,1-6H3. The fourth-order valence-corrected chi connectivity index (χ4v) is 5.10. The van der Waals surface area contributed by atoms with Crippen LogP contribution in [0.4, 0.5) is 0 Å². The number of halogens is 1. The van der Waals surface area contributed by atoms with Gasteiger partial charge in [0.25, 0.3) is 0 Å². The second kappa shape index (κ2) is 8.65. The molecule has 0 N–H and O–H groups in total. The van der Waals surface area contributed by atoms with Gasteiger partial charge >= 0.3 is 0 Å². The monoisotopic (exact) mass is 384 g/mol. The molecular weight excluding hydrogens is 352 g/mol. The first-order valence-corrected chi connectivity index (χ1v) is 12.5. The van der Waals surface area contributed by atoms with Crippen molar-refractivity contribution < 1.29 is 4.43 Å². The summed E-state index contributed by atoms with van der Waals surface area (Å²) in [5.74, 6) is 0.655. The molecule has 0 atom stereocenters. The van der Waals surface area contributed by atoms with Crippen LogP contribution in [0.1, 0.15) is 45.2 Å². The third-order valence-electron chi connectivity index (χ3n) is 5.47. The zero-order valence-corrected chi connectivity index (χ0v) is 17.8. The van der Waals surface area contributed by atoms with E-state index in [1.807, 2.05) is 0 Å². The highest BCUT2D eigenvalue weighted by molar-refractivity contribution is 9.09. The van der Waals surface area contributed by atoms with Crippen molar-refractivity contribution >= 4 is 24.2 Å². The maximum atomic E-state index is 6.39. The molecule has 0 aliphatic rings. The maximum absolute atomic E-state index is 6.39. The Morgan fingerprint density at radius 3 is 2.00 bits per heavy atom. The van der Waals surface area contributed by atoms with Crippen LogP contribution in [0.3, 0.4) is 0 Å². The number of benzene rings is 1. The zero-order valence-electron chi connectivity index (χ0n) is 15.2. The minimum atomic E-state index is -1.68. The van der Waals surface area contributed by atoms with E-state index in [0.29, 0.717) is 11.0 Å². The van der Waals surface area contributed by atoms with Crippen LogP contribution in [0.2, 0.25) is 18.1 Å². The first-order valence-electron chi connectivity index (χ1n) is 8.48. The second-order valence-corrected chi connectivity index (χ2v) is 13.0. The van der Waals surface area contributed by atoms with Gasteiger partial charge in [-0.3, -0.25) is 0 Å². The maximum Gasteiger partial charge on any atom is 0.192 e. The molecule has 0 saturated carbocycles. The fraction of sp³-hybridized carbons (Fsp3) is 0.684. The molecule has 0 aliphatic heterocycles. The molecule has 1 nitrogen and oxygen atoms in total. The fourth-order valence-electron chi connectivity index (χ4n) is 2.45. The molecule has 0 heterocycles. The van der Waals surface area contributed by atoms with Crippen LogP contribution < -0.4 is 0 Å². The van der Waals surface area contributed by atoms with Crippen molar-refractivity contribution in [1.82, 2.24) is 0 Å². The Morgan fingerprint density at radius 2 is 1.55 bits per heavy atom. The van der Waals surface area contributed by atoms with Crippen molar-refractivity contribution in [2.75, 3.05) is 11.9 Å². The van der Waals surface area contributed by atoms with E-state index in [2.05, 4.69) is 81.0 Å². The van der Waals surface area contributed by atoms with Crippen molar-refractivity contribution in [3.05, 3.63) is 35.4 Å². The molecule has 1 aromatic carbocycles. The van der Waals surface area contributed by atoms with Gasteiger partial charge in [-0.25, -0.2) is 0 Å². The Bertz CT molecular complexity index is 437. The lowest BCUT2D eigenvalue weighted by Gasteiger charge is -2.42. The average Bonchev–Trinajstić information content (AvgIpc) is 2.46. The van der Waals surface area contributed by atoms with Crippen LogP contribution in [0.5, 0.6) is 0 Å². The van der Waals surface area contributed by atoms with E-state index < -0.39 is 8.32 Å². The van der Waals surface area contributed by atoms with Crippen molar-refractivity contribution in [3.63, 3.8) is 0 Å². The van der Waals surface area contributed by atoms with Gasteiger partial charge < -0.3 is 4.43 Å². The summed E-state index contributed by atoms with van der Waals surface area (Å²) in [6, 6.07) is 9.04. The predicted octanol–water partition coefficient (Wildman–Crippen LogP) is 6.21. The molecule has 0 fully saturated rings. The van der Waals surface area contributed by atoms with Crippen LogP contribution in [-0.2, 0) is 17.3 Å². The minimum Gasteiger partial charge on any atom is -0.416 e. The average molecular weight is 385 g/mol. The van der Waals surface area contributed by atoms with Gasteiger partial charge in [0.15, 0.2) is 8.32 Å². The largest absolute Gasteiger partial charge is 0.416 e. The Kier molecular flexibility index (Phi) is 7.83. The van der Waals surface area contributed by atoms with Gasteiger partial charge in [0.05, 0.1) is 0 Å². The number of rotatable bonds is 9. The highest BCUT2D eigenvalue weighted by Gasteiger charge is 2.42. The summed E-state index contributed by atoms with van der Waals surface area (Å²) in [6.45, 7) is 14.9. The molecule has 1 rings (SSSR count). The van der Waals surface area contributed by atoms with Gasteiger partial charge in [0.2, 0.25) is 0 Å². The minimum absolute atomic E-state index is 0.298. The summed E-state index contributed by atoms with van der Waals surface area (Å²) in [6.07, 6.45) is 3.38. The molecule has 0 radical (unpaired) electrons. The molecular formula is C19H33BrOSi. The number of aryl methyl sites for hydroxylation is 1. The number of hydrogen-bond donors (Lipinski definition) is 0. The quantitative estimate of drug-likeness (QED) is 0.362. The van der Waals surface area contributed by atoms with Crippen LogP contribution in [0.15, 0.2) is 24.3 Å². The molecule has 0 saturated heterocycles. The van der Waals surface area contributed by atoms with Gasteiger partial charge in [-0.05, 0) is 54.4 Å². The normalized spacial score (nSPS) is 12.9. The molecule has 0 aromatic heterocycles. The predicted molar refractivity (Wildman–Crippen MR) is 105 cm³/mol. The smallest absolute Gasteiger partial charge is 0.192 e. The first-order chi connectivity index (χ1) is 10.2. The van der Waals surface area contributed by atoms with E-state index in [0.717, 1.165) is 24.8 Å². The van der Waals surface area contributed by atoms with Crippen LogP contribution in [0.25, 0.3) is 0 Å². The lowest BCUT2D eigenvalue weighted by molar-refractivity contribution is 0.270. The van der Waals surface area contributed by atoms with Gasteiger partial charge in [0, 0.05) is 11.9 Å². The summed E-state index contributed by atoms with van der Waals surface area (Å²) >= 11 is 3.49. The summed E-state index contributed by atoms with van der Waals surface area (Å²) < 4.78 is 6.39. The van der Waals surface area contributed by atoms with Gasteiger partial charge in [-0.15, -0.1) is 0 Å². The van der Waals surface area contributed by atoms with Crippen LogP contribution in [-0.4, -0.2) is 20.3 Å². The second-order valence-electron chi connectivity index (χ2n) is 7.59. The van der Waals surface area contributed by atoms with Crippen molar-refractivity contribution in [2.24, 2.45) is 5.92 Å². The summed E-state index contributed by atoms with van der Waals surface area (Å²) in [5.41, 5.74) is 2.81. The van der Waals surface area contributed by atoms with E-state index in [9.17, 15) is 0 Å².